The van der Waals surface area contributed by atoms with Crippen molar-refractivity contribution in [3.05, 3.63) is 0 Å². The molecule has 0 aromatic heterocycles. The molecule has 2 N–H and O–H groups in total. The number of carbonyl (C=O) groups is 2. The first kappa shape index (κ1) is 17.3. The van der Waals surface area contributed by atoms with Crippen LogP contribution in [-0.2, 0) is 9.47 Å². The lowest BCUT2D eigenvalue weighted by molar-refractivity contribution is 0.0457. The maximum atomic E-state index is 11.7. The lowest BCUT2D eigenvalue weighted by Gasteiger charge is -2.25. The predicted molar refractivity (Wildman–Crippen MR) is 79.7 cm³/mol. The van der Waals surface area contributed by atoms with Gasteiger partial charge in [0.05, 0.1) is 18.6 Å². The molecule has 0 saturated carbocycles. The van der Waals surface area contributed by atoms with Crippen molar-refractivity contribution >= 4 is 18.4 Å². The van der Waals surface area contributed by atoms with Gasteiger partial charge in [0, 0.05) is 6.21 Å². The molecule has 0 saturated heterocycles. The van der Waals surface area contributed by atoms with Gasteiger partial charge in [0.2, 0.25) is 0 Å². The monoisotopic (exact) mass is 299 g/mol. The quantitative estimate of drug-likeness (QED) is 0.814. The topological polar surface area (TPSA) is 89.0 Å². The van der Waals surface area contributed by atoms with E-state index in [0.717, 1.165) is 0 Å². The number of aliphatic imine (C=N–C) groups is 1. The summed E-state index contributed by atoms with van der Waals surface area (Å²) in [5, 5.41) is 5.37. The lowest BCUT2D eigenvalue weighted by atomic mass is 10.1. The molecule has 0 aromatic rings. The molecule has 120 valence electrons. The number of nitrogens with zero attached hydrogens (tertiary/aromatic N) is 1. The normalized spacial score (nSPS) is 21.8. The minimum atomic E-state index is -0.575. The summed E-state index contributed by atoms with van der Waals surface area (Å²) in [5.41, 5.74) is -1.15. The Balaban J connectivity index is 2.50. The second-order valence-electron chi connectivity index (χ2n) is 6.94. The Hall–Kier alpha value is -1.79. The second kappa shape index (κ2) is 6.32. The van der Waals surface area contributed by atoms with Crippen molar-refractivity contribution in [2.75, 3.05) is 6.54 Å². The largest absolute Gasteiger partial charge is 0.444 e. The molecule has 1 rings (SSSR count). The molecular weight excluding hydrogens is 274 g/mol. The number of ether oxygens (including phenoxy) is 2. The Kier molecular flexibility index (Phi) is 5.20. The van der Waals surface area contributed by atoms with Crippen LogP contribution in [0.1, 0.15) is 41.5 Å². The molecule has 0 spiro atoms. The van der Waals surface area contributed by atoms with E-state index in [1.807, 2.05) is 0 Å². The van der Waals surface area contributed by atoms with Gasteiger partial charge in [-0.1, -0.05) is 0 Å². The maximum absolute atomic E-state index is 11.7. The Morgan fingerprint density at radius 1 is 1.00 bits per heavy atom. The number of rotatable bonds is 2. The SMILES string of the molecule is CC(C)(C)OC(=O)NC1C=NCC1NC(=O)OC(C)(C)C. The van der Waals surface area contributed by atoms with Gasteiger partial charge in [0.25, 0.3) is 0 Å². The van der Waals surface area contributed by atoms with Crippen LogP contribution in [0.25, 0.3) is 0 Å². The van der Waals surface area contributed by atoms with Gasteiger partial charge >= 0.3 is 12.2 Å². The average Bonchev–Trinajstić information content (AvgIpc) is 2.59. The van der Waals surface area contributed by atoms with Crippen molar-refractivity contribution in [2.45, 2.75) is 64.8 Å². The van der Waals surface area contributed by atoms with Crippen LogP contribution in [0.5, 0.6) is 0 Å². The summed E-state index contributed by atoms with van der Waals surface area (Å²) < 4.78 is 10.4. The molecule has 1 aliphatic heterocycles. The Morgan fingerprint density at radius 2 is 1.48 bits per heavy atom. The minimum Gasteiger partial charge on any atom is -0.444 e. The third-order valence-electron chi connectivity index (χ3n) is 2.39. The smallest absolute Gasteiger partial charge is 0.408 e. The van der Waals surface area contributed by atoms with Crippen LogP contribution in [-0.4, -0.2) is 48.2 Å². The summed E-state index contributed by atoms with van der Waals surface area (Å²) in [4.78, 5) is 27.6. The fraction of sp³-hybridized carbons (Fsp3) is 0.786. The average molecular weight is 299 g/mol. The van der Waals surface area contributed by atoms with Gasteiger partial charge in [0.1, 0.15) is 11.2 Å². The molecular formula is C14H25N3O4. The van der Waals surface area contributed by atoms with Crippen molar-refractivity contribution in [3.63, 3.8) is 0 Å². The van der Waals surface area contributed by atoms with Crippen LogP contribution in [0.3, 0.4) is 0 Å². The van der Waals surface area contributed by atoms with Crippen LogP contribution < -0.4 is 10.6 Å². The van der Waals surface area contributed by atoms with Gasteiger partial charge in [-0.05, 0) is 41.5 Å². The number of nitrogens with one attached hydrogen (secondary N) is 2. The summed E-state index contributed by atoms with van der Waals surface area (Å²) in [6, 6.07) is -0.750. The molecule has 2 amide bonds. The number of amides is 2. The Morgan fingerprint density at radius 3 is 1.95 bits per heavy atom. The number of hydrogen-bond acceptors (Lipinski definition) is 5. The molecule has 21 heavy (non-hydrogen) atoms. The molecule has 0 fully saturated rings. The van der Waals surface area contributed by atoms with Crippen LogP contribution >= 0.6 is 0 Å². The predicted octanol–water partition coefficient (Wildman–Crippen LogP) is 1.86. The van der Waals surface area contributed by atoms with E-state index in [0.29, 0.717) is 6.54 Å². The highest BCUT2D eigenvalue weighted by molar-refractivity contribution is 5.79. The van der Waals surface area contributed by atoms with Crippen molar-refractivity contribution in [1.82, 2.24) is 10.6 Å². The number of hydrogen-bond donors (Lipinski definition) is 2. The molecule has 0 aromatic carbocycles. The van der Waals surface area contributed by atoms with E-state index in [-0.39, 0.29) is 6.04 Å². The van der Waals surface area contributed by atoms with Crippen LogP contribution in [0.2, 0.25) is 0 Å². The van der Waals surface area contributed by atoms with Gasteiger partial charge in [0.15, 0.2) is 0 Å². The first-order valence-corrected chi connectivity index (χ1v) is 6.95. The zero-order chi connectivity index (χ0) is 16.3. The van der Waals surface area contributed by atoms with E-state index in [1.54, 1.807) is 47.8 Å². The molecule has 0 bridgehead atoms. The summed E-state index contributed by atoms with van der Waals surface area (Å²) in [6.45, 7) is 11.1. The number of alkyl carbamates (subject to hydrolysis) is 2. The van der Waals surface area contributed by atoms with E-state index in [2.05, 4.69) is 15.6 Å². The minimum absolute atomic E-state index is 0.340. The molecule has 0 aliphatic carbocycles. The summed E-state index contributed by atoms with van der Waals surface area (Å²) in [7, 11) is 0. The van der Waals surface area contributed by atoms with E-state index < -0.39 is 29.4 Å². The zero-order valence-corrected chi connectivity index (χ0v) is 13.5. The Bertz CT molecular complexity index is 421. The Labute approximate surface area is 125 Å². The molecule has 1 aliphatic rings. The molecule has 7 nitrogen and oxygen atoms in total. The highest BCUT2D eigenvalue weighted by atomic mass is 16.6. The van der Waals surface area contributed by atoms with Gasteiger partial charge in [-0.3, -0.25) is 4.99 Å². The van der Waals surface area contributed by atoms with Gasteiger partial charge in [-0.15, -0.1) is 0 Å². The highest BCUT2D eigenvalue weighted by Crippen LogP contribution is 2.10. The van der Waals surface area contributed by atoms with Gasteiger partial charge in [-0.25, -0.2) is 9.59 Å². The van der Waals surface area contributed by atoms with Crippen molar-refractivity contribution < 1.29 is 19.1 Å². The maximum Gasteiger partial charge on any atom is 0.408 e. The molecule has 2 unspecified atom stereocenters. The van der Waals surface area contributed by atoms with Crippen LogP contribution in [0.15, 0.2) is 4.99 Å². The van der Waals surface area contributed by atoms with Crippen LogP contribution in [0, 0.1) is 0 Å². The van der Waals surface area contributed by atoms with E-state index in [9.17, 15) is 9.59 Å². The molecule has 7 heteroatoms. The van der Waals surface area contributed by atoms with E-state index >= 15 is 0 Å². The summed E-state index contributed by atoms with van der Waals surface area (Å²) >= 11 is 0. The third kappa shape index (κ3) is 6.97. The van der Waals surface area contributed by atoms with Crippen molar-refractivity contribution in [2.24, 2.45) is 4.99 Å². The van der Waals surface area contributed by atoms with Crippen molar-refractivity contribution in [1.29, 1.82) is 0 Å². The standard InChI is InChI=1S/C14H25N3O4/c1-13(2,3)20-11(18)16-9-7-15-8-10(9)17-12(19)21-14(4,5)6/h7,9-10H,8H2,1-6H3,(H,16,18)(H,17,19). The molecule has 0 radical (unpaired) electrons. The fourth-order valence-corrected chi connectivity index (χ4v) is 1.68. The van der Waals surface area contributed by atoms with Crippen LogP contribution in [0.4, 0.5) is 9.59 Å². The van der Waals surface area contributed by atoms with Gasteiger partial charge < -0.3 is 20.1 Å². The van der Waals surface area contributed by atoms with Gasteiger partial charge in [-0.2, -0.15) is 0 Å². The van der Waals surface area contributed by atoms with E-state index in [4.69, 9.17) is 9.47 Å². The second-order valence-corrected chi connectivity index (χ2v) is 6.94. The molecule has 1 heterocycles. The van der Waals surface area contributed by atoms with E-state index in [1.165, 1.54) is 0 Å². The van der Waals surface area contributed by atoms with Crippen molar-refractivity contribution in [3.8, 4) is 0 Å². The third-order valence-corrected chi connectivity index (χ3v) is 2.39. The first-order chi connectivity index (χ1) is 9.46. The summed E-state index contributed by atoms with van der Waals surface area (Å²) in [5.74, 6) is 0. The lowest BCUT2D eigenvalue weighted by Crippen LogP contribution is -2.53. The first-order valence-electron chi connectivity index (χ1n) is 6.95. The fourth-order valence-electron chi connectivity index (χ4n) is 1.68. The number of carbonyl (C=O) groups excluding carboxylic acids is 2. The summed E-state index contributed by atoms with van der Waals surface area (Å²) in [6.07, 6.45) is 0.511. The molecule has 2 atom stereocenters. The zero-order valence-electron chi connectivity index (χ0n) is 13.5. The highest BCUT2D eigenvalue weighted by Gasteiger charge is 2.30.